The molecule has 0 saturated carbocycles. The molecule has 0 heterocycles. The van der Waals surface area contributed by atoms with Crippen LogP contribution in [-0.2, 0) is 9.59 Å². The fourth-order valence-electron chi connectivity index (χ4n) is 2.25. The van der Waals surface area contributed by atoms with E-state index < -0.39 is 0 Å². The van der Waals surface area contributed by atoms with Crippen molar-refractivity contribution in [1.29, 1.82) is 0 Å². The van der Waals surface area contributed by atoms with Gasteiger partial charge in [0.1, 0.15) is 0 Å². The summed E-state index contributed by atoms with van der Waals surface area (Å²) in [6, 6.07) is 7.17. The molecule has 0 fully saturated rings. The van der Waals surface area contributed by atoms with E-state index in [1.165, 1.54) is 18.2 Å². The van der Waals surface area contributed by atoms with E-state index >= 15 is 0 Å². The summed E-state index contributed by atoms with van der Waals surface area (Å²) in [4.78, 5) is 35.1. The highest BCUT2D eigenvalue weighted by Crippen LogP contribution is 2.22. The fourth-order valence-corrected chi connectivity index (χ4v) is 2.25. The molecule has 4 heteroatoms. The molecule has 2 rings (SSSR count). The van der Waals surface area contributed by atoms with Crippen LogP contribution >= 0.6 is 0 Å². The normalized spacial score (nSPS) is 14.7. The molecule has 1 aromatic carbocycles. The summed E-state index contributed by atoms with van der Waals surface area (Å²) < 4.78 is 0. The molecule has 0 bridgehead atoms. The van der Waals surface area contributed by atoms with Crippen molar-refractivity contribution in [1.82, 2.24) is 0 Å². The van der Waals surface area contributed by atoms with Gasteiger partial charge in [-0.25, -0.2) is 0 Å². The van der Waals surface area contributed by atoms with Gasteiger partial charge >= 0.3 is 0 Å². The highest BCUT2D eigenvalue weighted by atomic mass is 16.1. The largest absolute Gasteiger partial charge is 0.381 e. The molecule has 0 aliphatic heterocycles. The van der Waals surface area contributed by atoms with Crippen molar-refractivity contribution in [3.63, 3.8) is 0 Å². The third-order valence-corrected chi connectivity index (χ3v) is 3.41. The lowest BCUT2D eigenvalue weighted by atomic mass is 9.88. The molecule has 1 N–H and O–H groups in total. The SMILES string of the molecule is CC(C)(C)CC(=O)c1ccc(NCC2=CC(=O)C=CC2=O)cc1. The van der Waals surface area contributed by atoms with Gasteiger partial charge < -0.3 is 5.32 Å². The number of hydrogen-bond acceptors (Lipinski definition) is 4. The predicted molar refractivity (Wildman–Crippen MR) is 90.6 cm³/mol. The highest BCUT2D eigenvalue weighted by molar-refractivity contribution is 6.17. The average molecular weight is 311 g/mol. The lowest BCUT2D eigenvalue weighted by molar-refractivity contribution is -0.114. The summed E-state index contributed by atoms with van der Waals surface area (Å²) in [7, 11) is 0. The molecule has 1 aliphatic rings. The summed E-state index contributed by atoms with van der Waals surface area (Å²) >= 11 is 0. The molecule has 0 saturated heterocycles. The average Bonchev–Trinajstić information content (AvgIpc) is 2.47. The van der Waals surface area contributed by atoms with E-state index in [0.717, 1.165) is 5.69 Å². The van der Waals surface area contributed by atoms with Crippen LogP contribution in [0.2, 0.25) is 0 Å². The molecule has 120 valence electrons. The van der Waals surface area contributed by atoms with Crippen molar-refractivity contribution in [2.24, 2.45) is 5.41 Å². The number of benzene rings is 1. The topological polar surface area (TPSA) is 63.2 Å². The fraction of sp³-hybridized carbons (Fsp3) is 0.316. The van der Waals surface area contributed by atoms with E-state index in [2.05, 4.69) is 5.32 Å². The maximum absolute atomic E-state index is 12.1. The smallest absolute Gasteiger partial charge is 0.183 e. The summed E-state index contributed by atoms with van der Waals surface area (Å²) in [6.45, 7) is 6.38. The minimum atomic E-state index is -0.176. The molecule has 0 amide bonds. The number of carbonyl (C=O) groups is 3. The van der Waals surface area contributed by atoms with E-state index in [0.29, 0.717) is 17.6 Å². The van der Waals surface area contributed by atoms with Crippen molar-refractivity contribution in [2.75, 3.05) is 11.9 Å². The Kier molecular flexibility index (Phi) is 4.94. The van der Waals surface area contributed by atoms with Crippen molar-refractivity contribution in [2.45, 2.75) is 27.2 Å². The minimum Gasteiger partial charge on any atom is -0.381 e. The van der Waals surface area contributed by atoms with Crippen LogP contribution in [0.4, 0.5) is 5.69 Å². The molecule has 0 unspecified atom stereocenters. The lowest BCUT2D eigenvalue weighted by Crippen LogP contribution is -2.16. The summed E-state index contributed by atoms with van der Waals surface area (Å²) in [5, 5.41) is 3.09. The van der Waals surface area contributed by atoms with Gasteiger partial charge in [0.2, 0.25) is 0 Å². The molecule has 0 radical (unpaired) electrons. The van der Waals surface area contributed by atoms with E-state index in [-0.39, 0.29) is 29.3 Å². The number of allylic oxidation sites excluding steroid dienone is 3. The van der Waals surface area contributed by atoms with Gasteiger partial charge in [0.25, 0.3) is 0 Å². The van der Waals surface area contributed by atoms with Crippen LogP contribution in [0.25, 0.3) is 0 Å². The van der Waals surface area contributed by atoms with Gasteiger partial charge in [-0.05, 0) is 47.9 Å². The van der Waals surface area contributed by atoms with E-state index in [1.807, 2.05) is 20.8 Å². The highest BCUT2D eigenvalue weighted by Gasteiger charge is 2.17. The maximum Gasteiger partial charge on any atom is 0.183 e. The van der Waals surface area contributed by atoms with Gasteiger partial charge in [-0.15, -0.1) is 0 Å². The Balaban J connectivity index is 1.97. The molecule has 0 aromatic heterocycles. The Morgan fingerprint density at radius 2 is 1.70 bits per heavy atom. The standard InChI is InChI=1S/C19H21NO3/c1-19(2,3)11-18(23)13-4-6-15(7-5-13)20-12-14-10-16(21)8-9-17(14)22/h4-10,20H,11-12H2,1-3H3. The predicted octanol–water partition coefficient (Wildman–Crippen LogP) is 3.35. The van der Waals surface area contributed by atoms with Gasteiger partial charge in [0.05, 0.1) is 0 Å². The summed E-state index contributed by atoms with van der Waals surface area (Å²) in [6.07, 6.45) is 4.39. The molecule has 23 heavy (non-hydrogen) atoms. The molecule has 4 nitrogen and oxygen atoms in total. The monoisotopic (exact) mass is 311 g/mol. The molecular formula is C19H21NO3. The number of hydrogen-bond donors (Lipinski definition) is 1. The van der Waals surface area contributed by atoms with Crippen LogP contribution in [0.1, 0.15) is 37.6 Å². The van der Waals surface area contributed by atoms with Crippen LogP contribution in [0, 0.1) is 5.41 Å². The maximum atomic E-state index is 12.1. The van der Waals surface area contributed by atoms with Crippen LogP contribution < -0.4 is 5.32 Å². The molecular weight excluding hydrogens is 290 g/mol. The Hall–Kier alpha value is -2.49. The second-order valence-electron chi connectivity index (χ2n) is 6.86. The Morgan fingerprint density at radius 1 is 1.04 bits per heavy atom. The number of anilines is 1. The van der Waals surface area contributed by atoms with Crippen LogP contribution in [0.15, 0.2) is 48.1 Å². The Labute approximate surface area is 136 Å². The Morgan fingerprint density at radius 3 is 2.30 bits per heavy atom. The number of rotatable bonds is 5. The molecule has 1 aromatic rings. The first-order chi connectivity index (χ1) is 10.7. The van der Waals surface area contributed by atoms with Gasteiger partial charge in [0.15, 0.2) is 17.3 Å². The van der Waals surface area contributed by atoms with Gasteiger partial charge in [0, 0.05) is 29.8 Å². The summed E-state index contributed by atoms with van der Waals surface area (Å²) in [5.41, 5.74) is 1.87. The van der Waals surface area contributed by atoms with E-state index in [9.17, 15) is 14.4 Å². The van der Waals surface area contributed by atoms with Crippen molar-refractivity contribution >= 4 is 23.0 Å². The van der Waals surface area contributed by atoms with Crippen molar-refractivity contribution in [3.8, 4) is 0 Å². The quantitative estimate of drug-likeness (QED) is 0.669. The van der Waals surface area contributed by atoms with Crippen LogP contribution in [0.5, 0.6) is 0 Å². The van der Waals surface area contributed by atoms with E-state index in [4.69, 9.17) is 0 Å². The van der Waals surface area contributed by atoms with Crippen molar-refractivity contribution < 1.29 is 14.4 Å². The number of Topliss-reactive ketones (excluding diaryl/α,β-unsaturated/α-hetero) is 1. The summed E-state index contributed by atoms with van der Waals surface area (Å²) in [5.74, 6) is -0.219. The first-order valence-corrected chi connectivity index (χ1v) is 7.59. The second kappa shape index (κ2) is 6.73. The van der Waals surface area contributed by atoms with Crippen molar-refractivity contribution in [3.05, 3.63) is 53.6 Å². The first kappa shape index (κ1) is 16.9. The third kappa shape index (κ3) is 5.02. The third-order valence-electron chi connectivity index (χ3n) is 3.41. The number of ketones is 3. The lowest BCUT2D eigenvalue weighted by Gasteiger charge is -2.17. The molecule has 0 atom stereocenters. The van der Waals surface area contributed by atoms with Crippen LogP contribution in [-0.4, -0.2) is 23.9 Å². The Bertz CT molecular complexity index is 688. The first-order valence-electron chi connectivity index (χ1n) is 7.59. The molecule has 1 aliphatic carbocycles. The number of nitrogens with one attached hydrogen (secondary N) is 1. The zero-order valence-electron chi connectivity index (χ0n) is 13.7. The zero-order valence-corrected chi connectivity index (χ0v) is 13.7. The van der Waals surface area contributed by atoms with E-state index in [1.54, 1.807) is 24.3 Å². The zero-order chi connectivity index (χ0) is 17.0. The minimum absolute atomic E-state index is 0.0398. The van der Waals surface area contributed by atoms with Gasteiger partial charge in [-0.1, -0.05) is 20.8 Å². The number of carbonyl (C=O) groups excluding carboxylic acids is 3. The molecule has 0 spiro atoms. The second-order valence-corrected chi connectivity index (χ2v) is 6.86. The van der Waals surface area contributed by atoms with Crippen LogP contribution in [0.3, 0.4) is 0 Å². The van der Waals surface area contributed by atoms with Gasteiger partial charge in [-0.2, -0.15) is 0 Å². The van der Waals surface area contributed by atoms with Gasteiger partial charge in [-0.3, -0.25) is 14.4 Å².